The topological polar surface area (TPSA) is 84.6 Å². The average Bonchev–Trinajstić information content (AvgIpc) is 2.48. The molecule has 0 aromatic heterocycles. The number of carbonyl (C=O) groups is 1. The first-order valence-corrected chi connectivity index (χ1v) is 6.50. The number of phenolic OH excluding ortho intramolecular Hbond substituents is 1. The average molecular weight is 302 g/mol. The Kier molecular flexibility index (Phi) is 4.39. The van der Waals surface area contributed by atoms with Gasteiger partial charge in [-0.1, -0.05) is 12.2 Å². The highest BCUT2D eigenvalue weighted by Gasteiger charge is 2.11. The summed E-state index contributed by atoms with van der Waals surface area (Å²) in [5.41, 5.74) is 7.15. The molecule has 4 N–H and O–H groups in total. The molecular formula is C15H14N2O3S. The lowest BCUT2D eigenvalue weighted by atomic mass is 10.1. The number of methoxy groups -OCH3 is 1. The molecule has 0 aliphatic heterocycles. The Balaban J connectivity index is 2.24. The van der Waals surface area contributed by atoms with Gasteiger partial charge in [-0.25, -0.2) is 0 Å². The van der Waals surface area contributed by atoms with Crippen LogP contribution in [0, 0.1) is 0 Å². The lowest BCUT2D eigenvalue weighted by Gasteiger charge is -2.11. The van der Waals surface area contributed by atoms with Crippen LogP contribution in [-0.4, -0.2) is 23.1 Å². The molecule has 1 amide bonds. The Morgan fingerprint density at radius 3 is 2.38 bits per heavy atom. The van der Waals surface area contributed by atoms with E-state index in [-0.39, 0.29) is 16.6 Å². The van der Waals surface area contributed by atoms with Crippen LogP contribution >= 0.6 is 12.2 Å². The molecule has 21 heavy (non-hydrogen) atoms. The number of carbonyl (C=O) groups excluding carboxylic acids is 1. The fourth-order valence-electron chi connectivity index (χ4n) is 1.76. The molecule has 0 unspecified atom stereocenters. The van der Waals surface area contributed by atoms with E-state index in [1.807, 2.05) is 0 Å². The molecule has 0 saturated heterocycles. The molecular weight excluding hydrogens is 288 g/mol. The second kappa shape index (κ2) is 6.23. The Morgan fingerprint density at radius 1 is 1.19 bits per heavy atom. The third kappa shape index (κ3) is 3.49. The first kappa shape index (κ1) is 14.8. The summed E-state index contributed by atoms with van der Waals surface area (Å²) in [4.78, 5) is 12.4. The van der Waals surface area contributed by atoms with Crippen molar-refractivity contribution < 1.29 is 14.6 Å². The molecule has 0 aliphatic carbocycles. The Labute approximate surface area is 127 Å². The van der Waals surface area contributed by atoms with Crippen LogP contribution in [0.3, 0.4) is 0 Å². The summed E-state index contributed by atoms with van der Waals surface area (Å²) < 4.78 is 5.22. The summed E-state index contributed by atoms with van der Waals surface area (Å²) in [6.07, 6.45) is 0. The van der Waals surface area contributed by atoms with Gasteiger partial charge in [-0.2, -0.15) is 0 Å². The van der Waals surface area contributed by atoms with E-state index in [2.05, 4.69) is 5.32 Å². The molecule has 0 radical (unpaired) electrons. The number of hydrogen-bond acceptors (Lipinski definition) is 4. The first-order chi connectivity index (χ1) is 10.0. The predicted octanol–water partition coefficient (Wildman–Crippen LogP) is 2.29. The summed E-state index contributed by atoms with van der Waals surface area (Å²) in [6.45, 7) is 0. The van der Waals surface area contributed by atoms with Gasteiger partial charge in [0.15, 0.2) is 0 Å². The second-order valence-electron chi connectivity index (χ2n) is 4.28. The fourth-order valence-corrected chi connectivity index (χ4v) is 1.88. The molecule has 2 aromatic rings. The third-order valence-electron chi connectivity index (χ3n) is 2.86. The van der Waals surface area contributed by atoms with Crippen LogP contribution in [0.2, 0.25) is 0 Å². The zero-order chi connectivity index (χ0) is 15.4. The van der Waals surface area contributed by atoms with E-state index in [1.165, 1.54) is 31.4 Å². The first-order valence-electron chi connectivity index (χ1n) is 6.09. The van der Waals surface area contributed by atoms with Crippen molar-refractivity contribution in [2.45, 2.75) is 0 Å². The molecule has 0 spiro atoms. The Hall–Kier alpha value is -2.60. The van der Waals surface area contributed by atoms with Crippen LogP contribution in [0.25, 0.3) is 0 Å². The summed E-state index contributed by atoms with van der Waals surface area (Å²) >= 11 is 4.90. The minimum Gasteiger partial charge on any atom is -0.508 e. The highest BCUT2D eigenvalue weighted by Crippen LogP contribution is 2.26. The number of nitrogens with one attached hydrogen (secondary N) is 1. The Bertz CT molecular complexity index is 684. The fraction of sp³-hybridized carbons (Fsp3) is 0.0667. The van der Waals surface area contributed by atoms with Crippen LogP contribution < -0.4 is 15.8 Å². The zero-order valence-electron chi connectivity index (χ0n) is 11.3. The largest absolute Gasteiger partial charge is 0.508 e. The van der Waals surface area contributed by atoms with Crippen molar-refractivity contribution in [2.24, 2.45) is 5.73 Å². The third-order valence-corrected chi connectivity index (χ3v) is 3.10. The van der Waals surface area contributed by atoms with E-state index >= 15 is 0 Å². The zero-order valence-corrected chi connectivity index (χ0v) is 12.1. The van der Waals surface area contributed by atoms with E-state index in [0.29, 0.717) is 22.6 Å². The minimum atomic E-state index is -0.309. The smallest absolute Gasteiger partial charge is 0.255 e. The lowest BCUT2D eigenvalue weighted by molar-refractivity contribution is 0.102. The van der Waals surface area contributed by atoms with Crippen molar-refractivity contribution in [2.75, 3.05) is 12.4 Å². The maximum absolute atomic E-state index is 12.1. The van der Waals surface area contributed by atoms with Gasteiger partial charge in [0, 0.05) is 11.1 Å². The van der Waals surface area contributed by atoms with Gasteiger partial charge in [0.1, 0.15) is 16.5 Å². The number of anilines is 1. The molecule has 2 aromatic carbocycles. The summed E-state index contributed by atoms with van der Waals surface area (Å²) in [6, 6.07) is 11.0. The molecule has 6 heteroatoms. The van der Waals surface area contributed by atoms with Gasteiger partial charge in [-0.3, -0.25) is 4.79 Å². The minimum absolute atomic E-state index is 0.102. The number of ether oxygens (including phenoxy) is 1. The van der Waals surface area contributed by atoms with Gasteiger partial charge in [0.2, 0.25) is 0 Å². The van der Waals surface area contributed by atoms with E-state index in [4.69, 9.17) is 22.7 Å². The van der Waals surface area contributed by atoms with Crippen molar-refractivity contribution in [1.82, 2.24) is 0 Å². The monoisotopic (exact) mass is 302 g/mol. The number of benzene rings is 2. The van der Waals surface area contributed by atoms with E-state index in [9.17, 15) is 9.90 Å². The predicted molar refractivity (Wildman–Crippen MR) is 84.9 cm³/mol. The molecule has 108 valence electrons. The highest BCUT2D eigenvalue weighted by molar-refractivity contribution is 7.80. The number of phenols is 1. The quantitative estimate of drug-likeness (QED) is 0.755. The molecule has 0 aliphatic rings. The van der Waals surface area contributed by atoms with E-state index in [0.717, 1.165) is 0 Å². The SMILES string of the molecule is COc1cc(C(N)=S)ccc1NC(=O)c1ccc(O)cc1. The number of nitrogens with two attached hydrogens (primary N) is 1. The van der Waals surface area contributed by atoms with Gasteiger partial charge < -0.3 is 20.9 Å². The van der Waals surface area contributed by atoms with Crippen molar-refractivity contribution in [1.29, 1.82) is 0 Å². The van der Waals surface area contributed by atoms with Crippen LogP contribution in [0.1, 0.15) is 15.9 Å². The summed E-state index contributed by atoms with van der Waals surface area (Å²) in [5, 5.41) is 12.0. The van der Waals surface area contributed by atoms with Crippen molar-refractivity contribution in [3.05, 3.63) is 53.6 Å². The van der Waals surface area contributed by atoms with Crippen molar-refractivity contribution >= 4 is 28.8 Å². The normalized spacial score (nSPS) is 9.95. The van der Waals surface area contributed by atoms with Gasteiger partial charge >= 0.3 is 0 Å². The van der Waals surface area contributed by atoms with Crippen LogP contribution in [0.5, 0.6) is 11.5 Å². The molecule has 2 rings (SSSR count). The van der Waals surface area contributed by atoms with Gasteiger partial charge in [0.25, 0.3) is 5.91 Å². The number of rotatable bonds is 4. The molecule has 0 fully saturated rings. The van der Waals surface area contributed by atoms with E-state index < -0.39 is 0 Å². The van der Waals surface area contributed by atoms with Crippen molar-refractivity contribution in [3.8, 4) is 11.5 Å². The van der Waals surface area contributed by atoms with Gasteiger partial charge in [-0.05, 0) is 42.5 Å². The molecule has 0 heterocycles. The summed E-state index contributed by atoms with van der Waals surface area (Å²) in [5.74, 6) is 0.258. The molecule has 0 bridgehead atoms. The molecule has 0 atom stereocenters. The second-order valence-corrected chi connectivity index (χ2v) is 4.72. The standard InChI is InChI=1S/C15H14N2O3S/c1-20-13-8-10(14(16)21)4-7-12(13)17-15(19)9-2-5-11(18)6-3-9/h2-8,18H,1H3,(H2,16,21)(H,17,19). The van der Waals surface area contributed by atoms with Gasteiger partial charge in [0.05, 0.1) is 12.8 Å². The van der Waals surface area contributed by atoms with Crippen LogP contribution in [0.4, 0.5) is 5.69 Å². The van der Waals surface area contributed by atoms with E-state index in [1.54, 1.807) is 18.2 Å². The highest BCUT2D eigenvalue weighted by atomic mass is 32.1. The van der Waals surface area contributed by atoms with Gasteiger partial charge in [-0.15, -0.1) is 0 Å². The maximum atomic E-state index is 12.1. The molecule has 5 nitrogen and oxygen atoms in total. The number of thiocarbonyl (C=S) groups is 1. The van der Waals surface area contributed by atoms with Crippen LogP contribution in [-0.2, 0) is 0 Å². The number of amides is 1. The number of hydrogen-bond donors (Lipinski definition) is 3. The maximum Gasteiger partial charge on any atom is 0.255 e. The summed E-state index contributed by atoms with van der Waals surface area (Å²) in [7, 11) is 1.49. The number of aromatic hydroxyl groups is 1. The molecule has 0 saturated carbocycles. The Morgan fingerprint density at radius 2 is 1.81 bits per heavy atom. The van der Waals surface area contributed by atoms with Crippen molar-refractivity contribution in [3.63, 3.8) is 0 Å². The lowest BCUT2D eigenvalue weighted by Crippen LogP contribution is -2.14. The van der Waals surface area contributed by atoms with Crippen LogP contribution in [0.15, 0.2) is 42.5 Å².